The zero-order chi connectivity index (χ0) is 15.1. The smallest absolute Gasteiger partial charge is 0.173 e. The van der Waals surface area contributed by atoms with Crippen molar-refractivity contribution in [1.29, 1.82) is 0 Å². The Bertz CT molecular complexity index is 404. The Balaban J connectivity index is 3.08. The fourth-order valence-corrected chi connectivity index (χ4v) is 3.44. The lowest BCUT2D eigenvalue weighted by atomic mass is 9.95. The lowest BCUT2D eigenvalue weighted by Gasteiger charge is -2.17. The van der Waals surface area contributed by atoms with Crippen LogP contribution < -0.4 is 0 Å². The second kappa shape index (κ2) is 8.93. The van der Waals surface area contributed by atoms with Crippen LogP contribution in [0, 0.1) is 0 Å². The first-order valence-corrected chi connectivity index (χ1v) is 9.03. The number of rotatable bonds is 8. The van der Waals surface area contributed by atoms with E-state index >= 15 is 0 Å². The molecule has 1 rings (SSSR count). The molecule has 0 spiro atoms. The minimum Gasteiger partial charge on any atom is -0.504 e. The average Bonchev–Trinajstić information content (AvgIpc) is 2.45. The van der Waals surface area contributed by atoms with Crippen molar-refractivity contribution in [1.82, 2.24) is 0 Å². The molecule has 4 heteroatoms. The van der Waals surface area contributed by atoms with Gasteiger partial charge in [-0.05, 0) is 63.1 Å². The molecule has 2 N–H and O–H groups in total. The van der Waals surface area contributed by atoms with Crippen LogP contribution in [0.1, 0.15) is 63.5 Å². The Hall–Kier alpha value is -0.220. The van der Waals surface area contributed by atoms with Crippen LogP contribution >= 0.6 is 31.9 Å². The van der Waals surface area contributed by atoms with E-state index in [0.717, 1.165) is 54.1 Å². The molecule has 20 heavy (non-hydrogen) atoms. The van der Waals surface area contributed by atoms with E-state index in [1.165, 1.54) is 12.8 Å². The Kier molecular flexibility index (Phi) is 7.96. The van der Waals surface area contributed by atoms with E-state index in [2.05, 4.69) is 45.7 Å². The largest absolute Gasteiger partial charge is 0.504 e. The fourth-order valence-electron chi connectivity index (χ4n) is 2.39. The predicted molar refractivity (Wildman–Crippen MR) is 91.6 cm³/mol. The molecular formula is C16H24Br2O2. The van der Waals surface area contributed by atoms with Gasteiger partial charge in [0.25, 0.3) is 0 Å². The number of phenolic OH excluding ortho intramolecular Hbond substituents is 2. The summed E-state index contributed by atoms with van der Waals surface area (Å²) in [6.07, 6.45) is 8.54. The summed E-state index contributed by atoms with van der Waals surface area (Å²) in [6, 6.07) is 0. The second-order valence-corrected chi connectivity index (χ2v) is 6.78. The molecule has 0 amide bonds. The van der Waals surface area contributed by atoms with E-state index in [4.69, 9.17) is 0 Å². The van der Waals surface area contributed by atoms with Gasteiger partial charge in [-0.2, -0.15) is 0 Å². The molecule has 0 atom stereocenters. The lowest BCUT2D eigenvalue weighted by Crippen LogP contribution is -1.99. The molecule has 0 aliphatic heterocycles. The number of hydrogen-bond donors (Lipinski definition) is 2. The Morgan fingerprint density at radius 3 is 1.70 bits per heavy atom. The van der Waals surface area contributed by atoms with Gasteiger partial charge in [0.15, 0.2) is 11.5 Å². The molecule has 0 fully saturated rings. The zero-order valence-electron chi connectivity index (χ0n) is 12.3. The Morgan fingerprint density at radius 2 is 1.20 bits per heavy atom. The normalized spacial score (nSPS) is 11.0. The summed E-state index contributed by atoms with van der Waals surface area (Å²) >= 11 is 6.91. The van der Waals surface area contributed by atoms with Gasteiger partial charge in [-0.3, -0.25) is 0 Å². The van der Waals surface area contributed by atoms with Gasteiger partial charge < -0.3 is 10.2 Å². The molecule has 0 saturated carbocycles. The van der Waals surface area contributed by atoms with Crippen LogP contribution in [0.15, 0.2) is 8.95 Å². The minimum atomic E-state index is -0.0531. The van der Waals surface area contributed by atoms with Crippen molar-refractivity contribution in [2.24, 2.45) is 0 Å². The van der Waals surface area contributed by atoms with Crippen LogP contribution in [0.5, 0.6) is 11.5 Å². The summed E-state index contributed by atoms with van der Waals surface area (Å²) in [5.74, 6) is -0.00899. The van der Waals surface area contributed by atoms with Gasteiger partial charge in [0, 0.05) is 10.0 Å². The highest BCUT2D eigenvalue weighted by molar-refractivity contribution is 9.13. The summed E-state index contributed by atoms with van der Waals surface area (Å²) in [6.45, 7) is 4.35. The molecule has 0 heterocycles. The van der Waals surface area contributed by atoms with Crippen LogP contribution in [0.4, 0.5) is 0 Å². The summed E-state index contributed by atoms with van der Waals surface area (Å²) in [7, 11) is 0. The third-order valence-corrected chi connectivity index (χ3v) is 5.78. The van der Waals surface area contributed by atoms with Gasteiger partial charge in [0.1, 0.15) is 0 Å². The van der Waals surface area contributed by atoms with E-state index in [1.807, 2.05) is 0 Å². The molecule has 0 bridgehead atoms. The van der Waals surface area contributed by atoms with Gasteiger partial charge in [0.2, 0.25) is 0 Å². The van der Waals surface area contributed by atoms with E-state index < -0.39 is 0 Å². The number of unbranched alkanes of at least 4 members (excludes halogenated alkanes) is 4. The molecule has 0 aliphatic carbocycles. The maximum absolute atomic E-state index is 10.2. The molecule has 0 saturated heterocycles. The van der Waals surface area contributed by atoms with Crippen molar-refractivity contribution < 1.29 is 10.2 Å². The molecule has 2 nitrogen and oxygen atoms in total. The van der Waals surface area contributed by atoms with Crippen molar-refractivity contribution in [3.63, 3.8) is 0 Å². The SMILES string of the molecule is CCCCCc1c(O)c(O)c(Br)c(Br)c1CCCCC. The monoisotopic (exact) mass is 406 g/mol. The quantitative estimate of drug-likeness (QED) is 0.404. The molecule has 0 aliphatic rings. The highest BCUT2D eigenvalue weighted by Crippen LogP contribution is 2.45. The van der Waals surface area contributed by atoms with Crippen molar-refractivity contribution in [3.8, 4) is 11.5 Å². The second-order valence-electron chi connectivity index (χ2n) is 5.20. The molecule has 114 valence electrons. The highest BCUT2D eigenvalue weighted by atomic mass is 79.9. The topological polar surface area (TPSA) is 40.5 Å². The third-order valence-electron chi connectivity index (χ3n) is 3.60. The maximum atomic E-state index is 10.2. The van der Waals surface area contributed by atoms with E-state index in [1.54, 1.807) is 0 Å². The number of phenols is 2. The van der Waals surface area contributed by atoms with Gasteiger partial charge in [0.05, 0.1) is 4.47 Å². The van der Waals surface area contributed by atoms with E-state index in [-0.39, 0.29) is 11.5 Å². The van der Waals surface area contributed by atoms with E-state index in [9.17, 15) is 10.2 Å². The van der Waals surface area contributed by atoms with Gasteiger partial charge in [-0.15, -0.1) is 0 Å². The van der Waals surface area contributed by atoms with Crippen LogP contribution in [-0.4, -0.2) is 10.2 Å². The molecule has 0 unspecified atom stereocenters. The molecule has 0 radical (unpaired) electrons. The Morgan fingerprint density at radius 1 is 0.700 bits per heavy atom. The van der Waals surface area contributed by atoms with Gasteiger partial charge in [-0.25, -0.2) is 0 Å². The number of hydrogen-bond acceptors (Lipinski definition) is 2. The van der Waals surface area contributed by atoms with Crippen molar-refractivity contribution >= 4 is 31.9 Å². The first kappa shape index (κ1) is 17.8. The lowest BCUT2D eigenvalue weighted by molar-refractivity contribution is 0.395. The molecular weight excluding hydrogens is 384 g/mol. The number of aromatic hydroxyl groups is 2. The third kappa shape index (κ3) is 4.39. The molecule has 1 aromatic carbocycles. The van der Waals surface area contributed by atoms with Gasteiger partial charge >= 0.3 is 0 Å². The summed E-state index contributed by atoms with van der Waals surface area (Å²) in [5.41, 5.74) is 2.04. The summed E-state index contributed by atoms with van der Waals surface area (Å²) in [4.78, 5) is 0. The average molecular weight is 408 g/mol. The van der Waals surface area contributed by atoms with Crippen molar-refractivity contribution in [2.75, 3.05) is 0 Å². The highest BCUT2D eigenvalue weighted by Gasteiger charge is 2.20. The number of benzene rings is 1. The number of halogens is 2. The standard InChI is InChI=1S/C16H24Br2O2/c1-3-5-7-9-11-12(10-8-6-4-2)15(19)16(20)14(18)13(11)17/h19-20H,3-10H2,1-2H3. The minimum absolute atomic E-state index is 0.0441. The van der Waals surface area contributed by atoms with Gasteiger partial charge in [-0.1, -0.05) is 39.5 Å². The summed E-state index contributed by atoms with van der Waals surface area (Å²) < 4.78 is 1.44. The first-order chi connectivity index (χ1) is 9.54. The van der Waals surface area contributed by atoms with Crippen LogP contribution in [-0.2, 0) is 12.8 Å². The van der Waals surface area contributed by atoms with Crippen LogP contribution in [0.3, 0.4) is 0 Å². The Labute approximate surface area is 138 Å². The fraction of sp³-hybridized carbons (Fsp3) is 0.625. The zero-order valence-corrected chi connectivity index (χ0v) is 15.5. The maximum Gasteiger partial charge on any atom is 0.173 e. The van der Waals surface area contributed by atoms with Crippen LogP contribution in [0.25, 0.3) is 0 Å². The molecule has 1 aromatic rings. The van der Waals surface area contributed by atoms with Crippen molar-refractivity contribution in [2.45, 2.75) is 65.2 Å². The van der Waals surface area contributed by atoms with Crippen molar-refractivity contribution in [3.05, 3.63) is 20.1 Å². The molecule has 0 aromatic heterocycles. The summed E-state index contributed by atoms with van der Waals surface area (Å²) in [5, 5.41) is 20.2. The van der Waals surface area contributed by atoms with Crippen LogP contribution in [0.2, 0.25) is 0 Å². The first-order valence-electron chi connectivity index (χ1n) is 7.45. The van der Waals surface area contributed by atoms with E-state index in [0.29, 0.717) is 4.47 Å². The predicted octanol–water partition coefficient (Wildman–Crippen LogP) is 6.09.